The molecule has 1 rings (SSSR count). The molecular formula is C22H38O2S6. The molecule has 0 saturated carbocycles. The van der Waals surface area contributed by atoms with Gasteiger partial charge in [0.25, 0.3) is 0 Å². The highest BCUT2D eigenvalue weighted by molar-refractivity contribution is 8.03. The highest BCUT2D eigenvalue weighted by atomic mass is 32.2. The predicted octanol–water partition coefficient (Wildman–Crippen LogP) is 6.63. The van der Waals surface area contributed by atoms with E-state index in [1.807, 2.05) is 47.0 Å². The van der Waals surface area contributed by atoms with Crippen LogP contribution < -0.4 is 9.47 Å². The van der Waals surface area contributed by atoms with Crippen LogP contribution >= 0.6 is 72.3 Å². The maximum Gasteiger partial charge on any atom is 0.122 e. The van der Waals surface area contributed by atoms with Crippen molar-refractivity contribution in [2.45, 2.75) is 26.7 Å². The van der Waals surface area contributed by atoms with E-state index >= 15 is 0 Å². The molecule has 0 unspecified atom stereocenters. The van der Waals surface area contributed by atoms with E-state index in [9.17, 15) is 0 Å². The minimum Gasteiger partial charge on any atom is -0.493 e. The number of hydrogen-bond donors (Lipinski definition) is 2. The lowest BCUT2D eigenvalue weighted by atomic mass is 10.1. The molecule has 0 fully saturated rings. The smallest absolute Gasteiger partial charge is 0.122 e. The van der Waals surface area contributed by atoms with Gasteiger partial charge in [-0.15, -0.1) is 0 Å². The summed E-state index contributed by atoms with van der Waals surface area (Å²) in [6, 6.07) is 4.12. The zero-order valence-corrected chi connectivity index (χ0v) is 23.5. The largest absolute Gasteiger partial charge is 0.493 e. The van der Waals surface area contributed by atoms with Crippen LogP contribution in [0.15, 0.2) is 12.1 Å². The Labute approximate surface area is 212 Å². The molecule has 2 nitrogen and oxygen atoms in total. The summed E-state index contributed by atoms with van der Waals surface area (Å²) in [5.41, 5.74) is 2.39. The number of ether oxygens (including phenoxy) is 2. The fraction of sp³-hybridized carbons (Fsp3) is 0.727. The Balaban J connectivity index is 2.15. The topological polar surface area (TPSA) is 18.5 Å². The molecular weight excluding hydrogens is 489 g/mol. The quantitative estimate of drug-likeness (QED) is 0.146. The molecule has 0 heterocycles. The van der Waals surface area contributed by atoms with Crippen molar-refractivity contribution in [2.24, 2.45) is 0 Å². The van der Waals surface area contributed by atoms with E-state index in [4.69, 9.17) is 9.47 Å². The molecule has 0 N–H and O–H groups in total. The average molecular weight is 527 g/mol. The summed E-state index contributed by atoms with van der Waals surface area (Å²) in [5, 5.41) is 0. The van der Waals surface area contributed by atoms with Gasteiger partial charge in [0.05, 0.1) is 13.2 Å². The van der Waals surface area contributed by atoms with Crippen molar-refractivity contribution < 1.29 is 9.47 Å². The number of benzene rings is 1. The Morgan fingerprint density at radius 2 is 0.967 bits per heavy atom. The van der Waals surface area contributed by atoms with E-state index in [1.165, 1.54) is 34.1 Å². The van der Waals surface area contributed by atoms with Crippen LogP contribution in [0.25, 0.3) is 0 Å². The average Bonchev–Trinajstić information content (AvgIpc) is 2.75. The van der Waals surface area contributed by atoms with Gasteiger partial charge in [-0.05, 0) is 73.0 Å². The first-order valence-corrected chi connectivity index (χ1v) is 16.5. The second-order valence-electron chi connectivity index (χ2n) is 6.61. The molecule has 0 saturated heterocycles. The summed E-state index contributed by atoms with van der Waals surface area (Å²) >= 11 is 16.5. The van der Waals surface area contributed by atoms with Crippen molar-refractivity contribution in [3.05, 3.63) is 23.3 Å². The molecule has 0 bridgehead atoms. The summed E-state index contributed by atoms with van der Waals surface area (Å²) in [7, 11) is 0. The minimum atomic E-state index is 0.779. The van der Waals surface area contributed by atoms with Gasteiger partial charge in [0, 0.05) is 34.5 Å². The van der Waals surface area contributed by atoms with Gasteiger partial charge >= 0.3 is 0 Å². The van der Waals surface area contributed by atoms with Crippen molar-refractivity contribution in [3.63, 3.8) is 0 Å². The van der Waals surface area contributed by atoms with Crippen LogP contribution in [0.2, 0.25) is 0 Å². The maximum atomic E-state index is 6.02. The maximum absolute atomic E-state index is 6.02. The summed E-state index contributed by atoms with van der Waals surface area (Å²) in [4.78, 5) is 0. The van der Waals surface area contributed by atoms with Crippen LogP contribution in [-0.4, -0.2) is 70.7 Å². The Kier molecular flexibility index (Phi) is 19.8. The number of thiol groups is 2. The van der Waals surface area contributed by atoms with E-state index in [0.717, 1.165) is 72.1 Å². The molecule has 1 aromatic rings. The van der Waals surface area contributed by atoms with E-state index in [0.29, 0.717) is 0 Å². The van der Waals surface area contributed by atoms with Crippen LogP contribution in [0.5, 0.6) is 11.5 Å². The predicted molar refractivity (Wildman–Crippen MR) is 153 cm³/mol. The van der Waals surface area contributed by atoms with Crippen LogP contribution in [0.1, 0.15) is 24.0 Å². The third-order valence-electron chi connectivity index (χ3n) is 4.28. The molecule has 0 amide bonds. The first-order chi connectivity index (χ1) is 14.7. The zero-order chi connectivity index (χ0) is 21.9. The van der Waals surface area contributed by atoms with Crippen molar-refractivity contribution in [1.29, 1.82) is 0 Å². The Morgan fingerprint density at radius 3 is 1.33 bits per heavy atom. The molecule has 174 valence electrons. The molecule has 0 aromatic heterocycles. The van der Waals surface area contributed by atoms with Gasteiger partial charge < -0.3 is 9.47 Å². The minimum absolute atomic E-state index is 0.779. The van der Waals surface area contributed by atoms with Gasteiger partial charge in [-0.3, -0.25) is 0 Å². The van der Waals surface area contributed by atoms with Gasteiger partial charge in [-0.25, -0.2) is 0 Å². The SMILES string of the molecule is Cc1c(OCCCSCCSCCS)ccc(OCCCSCCSCCS)c1C. The first-order valence-electron chi connectivity index (χ1n) is 10.6. The second-order valence-corrected chi connectivity index (χ2v) is 12.4. The van der Waals surface area contributed by atoms with Crippen LogP contribution in [-0.2, 0) is 0 Å². The van der Waals surface area contributed by atoms with Crippen LogP contribution in [0.3, 0.4) is 0 Å². The second kappa shape index (κ2) is 20.5. The van der Waals surface area contributed by atoms with Crippen molar-refractivity contribution in [3.8, 4) is 11.5 Å². The molecule has 8 heteroatoms. The van der Waals surface area contributed by atoms with Gasteiger partial charge in [-0.1, -0.05) is 0 Å². The number of hydrogen-bond acceptors (Lipinski definition) is 8. The van der Waals surface area contributed by atoms with Gasteiger partial charge in [-0.2, -0.15) is 72.3 Å². The molecule has 1 aromatic carbocycles. The van der Waals surface area contributed by atoms with Gasteiger partial charge in [0.15, 0.2) is 0 Å². The van der Waals surface area contributed by atoms with E-state index in [2.05, 4.69) is 51.2 Å². The fourth-order valence-electron chi connectivity index (χ4n) is 2.54. The normalized spacial score (nSPS) is 11.1. The standard InChI is InChI=1S/C22H38O2S6/c1-19-20(2)22(24-8-4-12-28-16-18-30-14-10-26)6-5-21(19)23-7-3-11-27-15-17-29-13-9-25/h5-6,25-26H,3-4,7-18H2,1-2H3. The summed E-state index contributed by atoms with van der Waals surface area (Å²) in [5.74, 6) is 13.4. The Hall–Kier alpha value is 0.920. The summed E-state index contributed by atoms with van der Waals surface area (Å²) in [6.45, 7) is 5.81. The van der Waals surface area contributed by atoms with E-state index in [1.54, 1.807) is 0 Å². The monoisotopic (exact) mass is 526 g/mol. The lowest BCUT2D eigenvalue weighted by Gasteiger charge is -2.15. The lowest BCUT2D eigenvalue weighted by Crippen LogP contribution is -2.04. The summed E-state index contributed by atoms with van der Waals surface area (Å²) in [6.07, 6.45) is 2.17. The Morgan fingerprint density at radius 1 is 0.600 bits per heavy atom. The van der Waals surface area contributed by atoms with Crippen molar-refractivity contribution in [1.82, 2.24) is 0 Å². The van der Waals surface area contributed by atoms with Crippen LogP contribution in [0, 0.1) is 13.8 Å². The molecule has 0 radical (unpaired) electrons. The molecule has 0 aliphatic rings. The number of rotatable bonds is 20. The number of thioether (sulfide) groups is 4. The first kappa shape index (κ1) is 29.0. The van der Waals surface area contributed by atoms with Crippen molar-refractivity contribution in [2.75, 3.05) is 70.7 Å². The molecule has 0 aliphatic heterocycles. The van der Waals surface area contributed by atoms with E-state index in [-0.39, 0.29) is 0 Å². The zero-order valence-electron chi connectivity index (χ0n) is 18.4. The Bertz CT molecular complexity index is 498. The van der Waals surface area contributed by atoms with Crippen molar-refractivity contribution >= 4 is 72.3 Å². The van der Waals surface area contributed by atoms with Gasteiger partial charge in [0.1, 0.15) is 11.5 Å². The summed E-state index contributed by atoms with van der Waals surface area (Å²) < 4.78 is 12.0. The third-order valence-corrected chi connectivity index (χ3v) is 9.96. The lowest BCUT2D eigenvalue weighted by molar-refractivity contribution is 0.306. The van der Waals surface area contributed by atoms with Crippen LogP contribution in [0.4, 0.5) is 0 Å². The molecule has 0 spiro atoms. The molecule has 0 aliphatic carbocycles. The van der Waals surface area contributed by atoms with Gasteiger partial charge in [0.2, 0.25) is 0 Å². The highest BCUT2D eigenvalue weighted by Gasteiger charge is 2.08. The fourth-order valence-corrected chi connectivity index (χ4v) is 6.92. The highest BCUT2D eigenvalue weighted by Crippen LogP contribution is 2.29. The third kappa shape index (κ3) is 14.1. The molecule has 30 heavy (non-hydrogen) atoms. The molecule has 0 atom stereocenters. The van der Waals surface area contributed by atoms with E-state index < -0.39 is 0 Å².